The summed E-state index contributed by atoms with van der Waals surface area (Å²) in [5.74, 6) is -6.54. The molecule has 2 aromatic heterocycles. The van der Waals surface area contributed by atoms with E-state index in [-0.39, 0.29) is 34.4 Å². The fraction of sp³-hybridized carbons (Fsp3) is 0.333. The third kappa shape index (κ3) is 6.46. The van der Waals surface area contributed by atoms with E-state index in [2.05, 4.69) is 20.0 Å². The Morgan fingerprint density at radius 2 is 1.58 bits per heavy atom. The van der Waals surface area contributed by atoms with Gasteiger partial charge in [-0.05, 0) is 61.3 Å². The number of amides is 1. The lowest BCUT2D eigenvalue weighted by molar-refractivity contribution is -0.00245. The van der Waals surface area contributed by atoms with Crippen LogP contribution in [-0.2, 0) is 16.6 Å². The summed E-state index contributed by atoms with van der Waals surface area (Å²) in [7, 11) is -3.80. The van der Waals surface area contributed by atoms with Crippen LogP contribution in [0.15, 0.2) is 72.0 Å². The highest BCUT2D eigenvalue weighted by Gasteiger charge is 2.50. The molecule has 0 bridgehead atoms. The zero-order valence-corrected chi connectivity index (χ0v) is 24.7. The van der Waals surface area contributed by atoms with E-state index in [0.717, 1.165) is 35.0 Å². The molecule has 2 fully saturated rings. The minimum Gasteiger partial charge on any atom is -0.332 e. The Balaban J connectivity index is 1.24. The minimum atomic E-state index is -3.80. The topological polar surface area (TPSA) is 127 Å². The number of primary sulfonamides is 1. The second-order valence-electron chi connectivity index (χ2n) is 11.3. The molecule has 4 aromatic rings. The van der Waals surface area contributed by atoms with Gasteiger partial charge in [-0.3, -0.25) is 9.69 Å². The number of piperidine rings is 1. The first-order valence-electron chi connectivity index (χ1n) is 14.2. The zero-order chi connectivity index (χ0) is 31.9. The first-order valence-corrected chi connectivity index (χ1v) is 15.8. The number of carbonyl (C=O) groups is 1. The monoisotopic (exact) mass is 643 g/mol. The normalized spacial score (nSPS) is 19.2. The van der Waals surface area contributed by atoms with Gasteiger partial charge in [0.2, 0.25) is 10.0 Å². The zero-order valence-electron chi connectivity index (χ0n) is 23.9. The number of alkyl halides is 2. The molecule has 1 amide bonds. The number of hydrogen-bond donors (Lipinski definition) is 1. The lowest BCUT2D eigenvalue weighted by atomic mass is 9.90. The molecule has 236 valence electrons. The van der Waals surface area contributed by atoms with Crippen molar-refractivity contribution < 1.29 is 30.8 Å². The van der Waals surface area contributed by atoms with Gasteiger partial charge in [-0.15, -0.1) is 0 Å². The van der Waals surface area contributed by atoms with Crippen LogP contribution < -0.4 is 5.14 Å². The summed E-state index contributed by atoms with van der Waals surface area (Å²) in [5.41, 5.74) is 1.72. The van der Waals surface area contributed by atoms with E-state index in [4.69, 9.17) is 5.14 Å². The molecule has 0 aliphatic carbocycles. The van der Waals surface area contributed by atoms with Crippen molar-refractivity contribution in [1.82, 2.24) is 29.5 Å². The minimum absolute atomic E-state index is 0.0261. The second-order valence-corrected chi connectivity index (χ2v) is 12.9. The molecule has 2 aliphatic rings. The van der Waals surface area contributed by atoms with Crippen LogP contribution in [0.1, 0.15) is 51.9 Å². The van der Waals surface area contributed by atoms with Gasteiger partial charge >= 0.3 is 0 Å². The van der Waals surface area contributed by atoms with E-state index < -0.39 is 46.0 Å². The average Bonchev–Trinajstić information content (AvgIpc) is 3.59. The van der Waals surface area contributed by atoms with Crippen LogP contribution in [0.4, 0.5) is 17.6 Å². The van der Waals surface area contributed by atoms with Crippen LogP contribution in [0, 0.1) is 11.6 Å². The number of nitrogens with zero attached hydrogens (tertiary/aromatic N) is 6. The average molecular weight is 644 g/mol. The smallest absolute Gasteiger partial charge is 0.273 e. The number of nitrogens with two attached hydrogens (primary N) is 1. The summed E-state index contributed by atoms with van der Waals surface area (Å²) in [6, 6.07) is 11.2. The maximum Gasteiger partial charge on any atom is 0.273 e. The van der Waals surface area contributed by atoms with E-state index >= 15 is 8.78 Å². The summed E-state index contributed by atoms with van der Waals surface area (Å²) in [6.45, 7) is 0.696. The van der Waals surface area contributed by atoms with Crippen LogP contribution in [0.5, 0.6) is 0 Å². The Bertz CT molecular complexity index is 1790. The number of benzene rings is 2. The number of aromatic nitrogens is 4. The standard InChI is InChI=1S/C30H29F4N7O3S/c31-22-5-3-20(4-6-22)26-17-40(18-30(26,33)34)28(42)25-15-38-41(29-36-13-23(32)14-37-29)27(25)21-9-11-39(12-10-21)16-19-1-7-24(8-2-19)45(35,43)44/h1-8,13-15,21,26H,9-12,16-18H2,(H2,35,43,44). The molecule has 0 radical (unpaired) electrons. The van der Waals surface area contributed by atoms with Crippen molar-refractivity contribution in [1.29, 1.82) is 0 Å². The number of likely N-dealkylation sites (tertiary alicyclic amines) is 2. The van der Waals surface area contributed by atoms with Crippen LogP contribution in [0.2, 0.25) is 0 Å². The fourth-order valence-electron chi connectivity index (χ4n) is 6.05. The van der Waals surface area contributed by atoms with E-state index in [0.29, 0.717) is 38.2 Å². The Morgan fingerprint density at radius 1 is 0.933 bits per heavy atom. The maximum atomic E-state index is 15.2. The molecule has 6 rings (SSSR count). The summed E-state index contributed by atoms with van der Waals surface area (Å²) in [4.78, 5) is 25.2. The summed E-state index contributed by atoms with van der Waals surface area (Å²) in [6.07, 6.45) is 4.43. The van der Waals surface area contributed by atoms with Crippen LogP contribution >= 0.6 is 0 Å². The van der Waals surface area contributed by atoms with Crippen molar-refractivity contribution >= 4 is 15.9 Å². The van der Waals surface area contributed by atoms with E-state index in [1.54, 1.807) is 12.1 Å². The summed E-state index contributed by atoms with van der Waals surface area (Å²) in [5, 5.41) is 9.53. The third-order valence-electron chi connectivity index (χ3n) is 8.34. The molecule has 2 aliphatic heterocycles. The highest BCUT2D eigenvalue weighted by molar-refractivity contribution is 7.89. The molecule has 2 N–H and O–H groups in total. The van der Waals surface area contributed by atoms with Crippen molar-refractivity contribution in [2.24, 2.45) is 5.14 Å². The molecule has 2 saturated heterocycles. The van der Waals surface area contributed by atoms with Gasteiger partial charge in [0, 0.05) is 19.0 Å². The lowest BCUT2D eigenvalue weighted by Gasteiger charge is -2.32. The Kier molecular flexibility index (Phi) is 8.18. The van der Waals surface area contributed by atoms with Gasteiger partial charge < -0.3 is 4.90 Å². The molecule has 1 unspecified atom stereocenters. The van der Waals surface area contributed by atoms with Crippen molar-refractivity contribution in [2.75, 3.05) is 26.2 Å². The van der Waals surface area contributed by atoms with Crippen LogP contribution in [0.25, 0.3) is 5.95 Å². The molecule has 0 saturated carbocycles. The Hall–Kier alpha value is -4.21. The quantitative estimate of drug-likeness (QED) is 0.303. The predicted octanol–water partition coefficient (Wildman–Crippen LogP) is 3.84. The number of halogens is 4. The highest BCUT2D eigenvalue weighted by atomic mass is 32.2. The van der Waals surface area contributed by atoms with Gasteiger partial charge in [0.15, 0.2) is 5.82 Å². The first-order chi connectivity index (χ1) is 21.4. The predicted molar refractivity (Wildman–Crippen MR) is 154 cm³/mol. The largest absolute Gasteiger partial charge is 0.332 e. The number of carbonyl (C=O) groups excluding carboxylic acids is 1. The summed E-state index contributed by atoms with van der Waals surface area (Å²) >= 11 is 0. The Labute approximate surface area is 256 Å². The lowest BCUT2D eigenvalue weighted by Crippen LogP contribution is -2.35. The van der Waals surface area contributed by atoms with Gasteiger partial charge in [-0.1, -0.05) is 24.3 Å². The molecule has 1 atom stereocenters. The van der Waals surface area contributed by atoms with E-state index in [1.807, 2.05) is 0 Å². The molecule has 15 heteroatoms. The van der Waals surface area contributed by atoms with Gasteiger partial charge in [-0.25, -0.2) is 45.8 Å². The van der Waals surface area contributed by atoms with Crippen molar-refractivity contribution in [3.05, 3.63) is 101 Å². The summed E-state index contributed by atoms with van der Waals surface area (Å²) < 4.78 is 81.9. The number of rotatable bonds is 7. The SMILES string of the molecule is NS(=O)(=O)c1ccc(CN2CCC(c3c(C(=O)N4CC(c5ccc(F)cc5)C(F)(F)C4)cnn3-c3ncc(F)cn3)CC2)cc1. The third-order valence-corrected chi connectivity index (χ3v) is 9.27. The fourth-order valence-corrected chi connectivity index (χ4v) is 6.56. The highest BCUT2D eigenvalue weighted by Crippen LogP contribution is 2.42. The van der Waals surface area contributed by atoms with Crippen molar-refractivity contribution in [2.45, 2.75) is 42.0 Å². The van der Waals surface area contributed by atoms with Crippen molar-refractivity contribution in [3.63, 3.8) is 0 Å². The van der Waals surface area contributed by atoms with E-state index in [1.165, 1.54) is 35.1 Å². The number of hydrogen-bond acceptors (Lipinski definition) is 7. The molecular weight excluding hydrogens is 614 g/mol. The van der Waals surface area contributed by atoms with Crippen LogP contribution in [-0.4, -0.2) is 76.0 Å². The first kappa shape index (κ1) is 30.8. The molecule has 0 spiro atoms. The second kappa shape index (κ2) is 11.9. The van der Waals surface area contributed by atoms with Gasteiger partial charge in [0.25, 0.3) is 17.8 Å². The molecule has 45 heavy (non-hydrogen) atoms. The van der Waals surface area contributed by atoms with Gasteiger partial charge in [0.1, 0.15) is 5.82 Å². The molecule has 10 nitrogen and oxygen atoms in total. The van der Waals surface area contributed by atoms with Gasteiger partial charge in [0.05, 0.1) is 47.2 Å². The van der Waals surface area contributed by atoms with Crippen LogP contribution in [0.3, 0.4) is 0 Å². The van der Waals surface area contributed by atoms with Crippen molar-refractivity contribution in [3.8, 4) is 5.95 Å². The number of sulfonamides is 1. The Morgan fingerprint density at radius 3 is 2.20 bits per heavy atom. The maximum absolute atomic E-state index is 15.2. The molecule has 2 aromatic carbocycles. The van der Waals surface area contributed by atoms with E-state index in [9.17, 15) is 22.0 Å². The molecular formula is C30H29F4N7O3S. The molecule has 4 heterocycles. The van der Waals surface area contributed by atoms with Gasteiger partial charge in [-0.2, -0.15) is 5.10 Å².